The molecule has 0 aliphatic heterocycles. The summed E-state index contributed by atoms with van der Waals surface area (Å²) in [6, 6.07) is 21.4. The molecule has 0 amide bonds. The Morgan fingerprint density at radius 2 is 1.43 bits per heavy atom. The average molecular weight is 323 g/mol. The SMILES string of the molecule is C=C=CCCO[Si](c1ccccc1)(c1ccccc1)C(C)(C)C. The summed E-state index contributed by atoms with van der Waals surface area (Å²) in [7, 11) is -2.37. The molecule has 0 bridgehead atoms. The molecule has 120 valence electrons. The Labute approximate surface area is 141 Å². The molecule has 0 aliphatic rings. The van der Waals surface area contributed by atoms with E-state index in [9.17, 15) is 0 Å². The Kier molecular flexibility index (Phi) is 5.78. The molecule has 2 aromatic carbocycles. The summed E-state index contributed by atoms with van der Waals surface area (Å²) >= 11 is 0. The summed E-state index contributed by atoms with van der Waals surface area (Å²) in [6.07, 6.45) is 2.78. The van der Waals surface area contributed by atoms with E-state index in [1.807, 2.05) is 6.08 Å². The number of hydrogen-bond acceptors (Lipinski definition) is 1. The zero-order valence-electron chi connectivity index (χ0n) is 14.4. The second-order valence-electron chi connectivity index (χ2n) is 6.71. The summed E-state index contributed by atoms with van der Waals surface area (Å²) in [5.74, 6) is 0. The van der Waals surface area contributed by atoms with E-state index in [0.29, 0.717) is 6.61 Å². The zero-order chi connectivity index (χ0) is 16.8. The van der Waals surface area contributed by atoms with Gasteiger partial charge in [-0.3, -0.25) is 0 Å². The molecule has 0 saturated carbocycles. The largest absolute Gasteiger partial charge is 0.407 e. The van der Waals surface area contributed by atoms with Crippen LogP contribution in [0.25, 0.3) is 0 Å². The van der Waals surface area contributed by atoms with Crippen LogP contribution in [0.5, 0.6) is 0 Å². The van der Waals surface area contributed by atoms with E-state index in [1.54, 1.807) is 0 Å². The topological polar surface area (TPSA) is 9.23 Å². The molecule has 1 nitrogen and oxygen atoms in total. The minimum atomic E-state index is -2.37. The summed E-state index contributed by atoms with van der Waals surface area (Å²) in [4.78, 5) is 0. The third-order valence-corrected chi connectivity index (χ3v) is 9.18. The quantitative estimate of drug-likeness (QED) is 0.438. The molecule has 23 heavy (non-hydrogen) atoms. The molecule has 2 heteroatoms. The van der Waals surface area contributed by atoms with Gasteiger partial charge < -0.3 is 4.43 Å². The first-order valence-electron chi connectivity index (χ1n) is 8.11. The van der Waals surface area contributed by atoms with E-state index in [4.69, 9.17) is 4.43 Å². The van der Waals surface area contributed by atoms with Gasteiger partial charge in [0.1, 0.15) is 0 Å². The lowest BCUT2D eigenvalue weighted by atomic mass is 10.2. The van der Waals surface area contributed by atoms with E-state index in [-0.39, 0.29) is 5.04 Å². The van der Waals surface area contributed by atoms with E-state index >= 15 is 0 Å². The monoisotopic (exact) mass is 322 g/mol. The molecular formula is C21H26OSi. The molecule has 0 fully saturated rings. The van der Waals surface area contributed by atoms with Crippen molar-refractivity contribution in [2.45, 2.75) is 32.2 Å². The van der Waals surface area contributed by atoms with Gasteiger partial charge in [0.15, 0.2) is 0 Å². The minimum absolute atomic E-state index is 0.0353. The molecule has 0 unspecified atom stereocenters. The Hall–Kier alpha value is -1.86. The van der Waals surface area contributed by atoms with Crippen LogP contribution in [0.3, 0.4) is 0 Å². The Morgan fingerprint density at radius 1 is 0.957 bits per heavy atom. The highest BCUT2D eigenvalue weighted by Gasteiger charge is 2.49. The van der Waals surface area contributed by atoms with Crippen LogP contribution in [0.2, 0.25) is 5.04 Å². The zero-order valence-corrected chi connectivity index (χ0v) is 15.4. The van der Waals surface area contributed by atoms with Gasteiger partial charge in [-0.05, 0) is 27.9 Å². The van der Waals surface area contributed by atoms with Gasteiger partial charge in [-0.2, -0.15) is 0 Å². The molecule has 0 aromatic heterocycles. The maximum absolute atomic E-state index is 6.71. The van der Waals surface area contributed by atoms with E-state index in [2.05, 4.69) is 93.7 Å². The summed E-state index contributed by atoms with van der Waals surface area (Å²) in [6.45, 7) is 11.2. The van der Waals surface area contributed by atoms with Crippen LogP contribution in [0.1, 0.15) is 27.2 Å². The second-order valence-corrected chi connectivity index (χ2v) is 11.0. The van der Waals surface area contributed by atoms with Crippen LogP contribution < -0.4 is 10.4 Å². The average Bonchev–Trinajstić information content (AvgIpc) is 2.55. The molecule has 0 spiro atoms. The number of benzene rings is 2. The first kappa shape index (κ1) is 17.5. The van der Waals surface area contributed by atoms with Gasteiger partial charge in [-0.15, -0.1) is 5.73 Å². The maximum Gasteiger partial charge on any atom is 0.261 e. The standard InChI is InChI=1S/C21H26OSi/c1-5-6-13-18-22-23(21(2,3)4,19-14-9-7-10-15-19)20-16-11-8-12-17-20/h6-12,14-17H,1,13,18H2,2-4H3. The number of hydrogen-bond donors (Lipinski definition) is 0. The predicted octanol–water partition coefficient (Wildman–Crippen LogP) is 4.29. The van der Waals surface area contributed by atoms with Gasteiger partial charge in [0.05, 0.1) is 0 Å². The van der Waals surface area contributed by atoms with Crippen molar-refractivity contribution in [2.24, 2.45) is 0 Å². The van der Waals surface area contributed by atoms with Crippen molar-refractivity contribution in [1.82, 2.24) is 0 Å². The van der Waals surface area contributed by atoms with Crippen molar-refractivity contribution in [3.05, 3.63) is 79.0 Å². The summed E-state index contributed by atoms with van der Waals surface area (Å²) in [5.41, 5.74) is 2.83. The molecule has 0 N–H and O–H groups in total. The molecule has 2 rings (SSSR count). The summed E-state index contributed by atoms with van der Waals surface area (Å²) in [5, 5.41) is 2.68. The van der Waals surface area contributed by atoms with Crippen molar-refractivity contribution in [3.63, 3.8) is 0 Å². The van der Waals surface area contributed by atoms with Gasteiger partial charge in [0.25, 0.3) is 8.32 Å². The molecule has 0 radical (unpaired) electrons. The second kappa shape index (κ2) is 7.61. The molecule has 2 aromatic rings. The smallest absolute Gasteiger partial charge is 0.261 e. The van der Waals surface area contributed by atoms with Crippen LogP contribution in [0.4, 0.5) is 0 Å². The van der Waals surface area contributed by atoms with Crippen LogP contribution in [0.15, 0.2) is 79.0 Å². The molecule has 0 heterocycles. The lowest BCUT2D eigenvalue weighted by molar-refractivity contribution is 0.304. The fourth-order valence-electron chi connectivity index (χ4n) is 3.13. The van der Waals surface area contributed by atoms with Crippen LogP contribution >= 0.6 is 0 Å². The molecule has 0 saturated heterocycles. The maximum atomic E-state index is 6.71. The highest BCUT2D eigenvalue weighted by Crippen LogP contribution is 2.36. The van der Waals surface area contributed by atoms with Gasteiger partial charge >= 0.3 is 0 Å². The highest BCUT2D eigenvalue weighted by molar-refractivity contribution is 6.99. The normalized spacial score (nSPS) is 11.8. The Bertz CT molecular complexity index is 610. The van der Waals surface area contributed by atoms with Gasteiger partial charge in [0, 0.05) is 6.61 Å². The van der Waals surface area contributed by atoms with Crippen molar-refractivity contribution in [3.8, 4) is 0 Å². The first-order chi connectivity index (χ1) is 11.0. The Morgan fingerprint density at radius 3 is 1.83 bits per heavy atom. The van der Waals surface area contributed by atoms with Crippen molar-refractivity contribution >= 4 is 18.7 Å². The van der Waals surface area contributed by atoms with Gasteiger partial charge in [-0.25, -0.2) is 0 Å². The molecule has 0 aliphatic carbocycles. The van der Waals surface area contributed by atoms with Gasteiger partial charge in [0.2, 0.25) is 0 Å². The van der Waals surface area contributed by atoms with Gasteiger partial charge in [-0.1, -0.05) is 88.0 Å². The van der Waals surface area contributed by atoms with Crippen LogP contribution in [-0.2, 0) is 4.43 Å². The first-order valence-corrected chi connectivity index (χ1v) is 10.0. The van der Waals surface area contributed by atoms with Crippen molar-refractivity contribution in [1.29, 1.82) is 0 Å². The van der Waals surface area contributed by atoms with E-state index in [0.717, 1.165) is 6.42 Å². The van der Waals surface area contributed by atoms with Crippen LogP contribution in [-0.4, -0.2) is 14.9 Å². The third-order valence-electron chi connectivity index (χ3n) is 4.14. The van der Waals surface area contributed by atoms with E-state index in [1.165, 1.54) is 10.4 Å². The fraction of sp³-hybridized carbons (Fsp3) is 0.286. The van der Waals surface area contributed by atoms with Crippen molar-refractivity contribution in [2.75, 3.05) is 6.61 Å². The highest BCUT2D eigenvalue weighted by atomic mass is 28.4. The summed E-state index contributed by atoms with van der Waals surface area (Å²) < 4.78 is 6.71. The molecular weight excluding hydrogens is 296 g/mol. The predicted molar refractivity (Wildman–Crippen MR) is 102 cm³/mol. The molecule has 0 atom stereocenters. The lowest BCUT2D eigenvalue weighted by Crippen LogP contribution is -2.66. The number of rotatable bonds is 6. The van der Waals surface area contributed by atoms with Crippen LogP contribution in [0, 0.1) is 0 Å². The third kappa shape index (κ3) is 3.73. The Balaban J connectivity index is 2.57. The fourth-order valence-corrected chi connectivity index (χ4v) is 7.71. The minimum Gasteiger partial charge on any atom is -0.407 e. The van der Waals surface area contributed by atoms with Crippen molar-refractivity contribution < 1.29 is 4.43 Å². The lowest BCUT2D eigenvalue weighted by Gasteiger charge is -2.43. The van der Waals surface area contributed by atoms with E-state index < -0.39 is 8.32 Å².